The van der Waals surface area contributed by atoms with Crippen molar-refractivity contribution in [3.05, 3.63) is 35.4 Å². The molecule has 1 atom stereocenters. The van der Waals surface area contributed by atoms with Gasteiger partial charge in [-0.3, -0.25) is 4.39 Å². The number of aromatic carboxylic acids is 1. The minimum absolute atomic E-state index is 0.0344. The average Bonchev–Trinajstić information content (AvgIpc) is 3.04. The molecule has 3 heteroatoms. The van der Waals surface area contributed by atoms with Crippen LogP contribution in [0.3, 0.4) is 0 Å². The number of carboxylic acid groups (broad SMARTS) is 1. The summed E-state index contributed by atoms with van der Waals surface area (Å²) >= 11 is 0. The number of rotatable bonds is 4. The fraction of sp³-hybridized carbons (Fsp3) is 0.417. The van der Waals surface area contributed by atoms with E-state index in [0.717, 1.165) is 18.4 Å². The summed E-state index contributed by atoms with van der Waals surface area (Å²) in [7, 11) is 0. The lowest BCUT2D eigenvalue weighted by atomic mass is 9.95. The first kappa shape index (κ1) is 10.1. The molecule has 0 saturated heterocycles. The highest BCUT2D eigenvalue weighted by atomic mass is 19.1. The van der Waals surface area contributed by atoms with Crippen molar-refractivity contribution < 1.29 is 14.3 Å². The monoisotopic (exact) mass is 208 g/mol. The molecule has 1 saturated carbocycles. The Morgan fingerprint density at radius 2 is 2.00 bits per heavy atom. The van der Waals surface area contributed by atoms with Crippen molar-refractivity contribution in [1.29, 1.82) is 0 Å². The standard InChI is InChI=1S/C12H13FO2/c13-7-11(8-1-2-8)9-3-5-10(6-4-9)12(14)15/h3-6,8,11H,1-2,7H2,(H,14,15). The van der Waals surface area contributed by atoms with E-state index in [0.29, 0.717) is 5.92 Å². The molecule has 0 bridgehead atoms. The lowest BCUT2D eigenvalue weighted by molar-refractivity contribution is 0.0697. The van der Waals surface area contributed by atoms with Gasteiger partial charge in [-0.15, -0.1) is 0 Å². The van der Waals surface area contributed by atoms with E-state index < -0.39 is 5.97 Å². The van der Waals surface area contributed by atoms with E-state index in [4.69, 9.17) is 5.11 Å². The zero-order chi connectivity index (χ0) is 10.8. The van der Waals surface area contributed by atoms with Crippen LogP contribution in [0.15, 0.2) is 24.3 Å². The lowest BCUT2D eigenvalue weighted by Gasteiger charge is -2.12. The molecular weight excluding hydrogens is 195 g/mol. The van der Waals surface area contributed by atoms with Crippen LogP contribution >= 0.6 is 0 Å². The molecule has 1 aromatic carbocycles. The molecule has 0 spiro atoms. The molecule has 1 aliphatic rings. The maximum atomic E-state index is 12.8. The Hall–Kier alpha value is -1.38. The van der Waals surface area contributed by atoms with E-state index in [1.807, 2.05) is 0 Å². The van der Waals surface area contributed by atoms with Crippen molar-refractivity contribution in [3.8, 4) is 0 Å². The molecule has 0 amide bonds. The predicted molar refractivity (Wildman–Crippen MR) is 54.8 cm³/mol. The van der Waals surface area contributed by atoms with Crippen LogP contribution < -0.4 is 0 Å². The first-order chi connectivity index (χ1) is 7.22. The molecule has 0 heterocycles. The number of hydrogen-bond acceptors (Lipinski definition) is 1. The Morgan fingerprint density at radius 3 is 2.40 bits per heavy atom. The Kier molecular flexibility index (Phi) is 2.71. The first-order valence-electron chi connectivity index (χ1n) is 5.11. The average molecular weight is 208 g/mol. The molecular formula is C12H13FO2. The van der Waals surface area contributed by atoms with Crippen molar-refractivity contribution >= 4 is 5.97 Å². The summed E-state index contributed by atoms with van der Waals surface area (Å²) in [6.45, 7) is -0.350. The van der Waals surface area contributed by atoms with E-state index in [-0.39, 0.29) is 18.2 Å². The molecule has 0 aromatic heterocycles. The van der Waals surface area contributed by atoms with Crippen molar-refractivity contribution in [2.45, 2.75) is 18.8 Å². The molecule has 80 valence electrons. The summed E-state index contributed by atoms with van der Waals surface area (Å²) in [4.78, 5) is 10.6. The van der Waals surface area contributed by atoms with Crippen LogP contribution in [0, 0.1) is 5.92 Å². The molecule has 0 radical (unpaired) electrons. The Balaban J connectivity index is 2.17. The van der Waals surface area contributed by atoms with Crippen LogP contribution in [0.4, 0.5) is 4.39 Å². The van der Waals surface area contributed by atoms with E-state index >= 15 is 0 Å². The smallest absolute Gasteiger partial charge is 0.335 e. The molecule has 2 rings (SSSR count). The van der Waals surface area contributed by atoms with E-state index in [9.17, 15) is 9.18 Å². The number of carbonyl (C=O) groups is 1. The lowest BCUT2D eigenvalue weighted by Crippen LogP contribution is -2.04. The highest BCUT2D eigenvalue weighted by Crippen LogP contribution is 2.42. The molecule has 1 aliphatic carbocycles. The summed E-state index contributed by atoms with van der Waals surface area (Å²) in [5.41, 5.74) is 1.18. The van der Waals surface area contributed by atoms with Gasteiger partial charge in [-0.1, -0.05) is 12.1 Å². The van der Waals surface area contributed by atoms with Gasteiger partial charge in [0.15, 0.2) is 0 Å². The van der Waals surface area contributed by atoms with Crippen LogP contribution in [0.5, 0.6) is 0 Å². The zero-order valence-electron chi connectivity index (χ0n) is 8.32. The van der Waals surface area contributed by atoms with E-state index in [1.54, 1.807) is 24.3 Å². The highest BCUT2D eigenvalue weighted by Gasteiger charge is 2.32. The van der Waals surface area contributed by atoms with Crippen LogP contribution in [0.1, 0.15) is 34.7 Å². The molecule has 15 heavy (non-hydrogen) atoms. The topological polar surface area (TPSA) is 37.3 Å². The van der Waals surface area contributed by atoms with E-state index in [1.165, 1.54) is 0 Å². The molecule has 2 nitrogen and oxygen atoms in total. The van der Waals surface area contributed by atoms with Crippen molar-refractivity contribution in [3.63, 3.8) is 0 Å². The maximum Gasteiger partial charge on any atom is 0.335 e. The minimum atomic E-state index is -0.940. The second kappa shape index (κ2) is 4.01. The van der Waals surface area contributed by atoms with Gasteiger partial charge in [-0.2, -0.15) is 0 Å². The summed E-state index contributed by atoms with van der Waals surface area (Å²) < 4.78 is 12.8. The number of alkyl halides is 1. The quantitative estimate of drug-likeness (QED) is 0.826. The van der Waals surface area contributed by atoms with Gasteiger partial charge in [-0.05, 0) is 36.5 Å². The molecule has 0 aliphatic heterocycles. The number of halogens is 1. The van der Waals surface area contributed by atoms with E-state index in [2.05, 4.69) is 0 Å². The van der Waals surface area contributed by atoms with Gasteiger partial charge >= 0.3 is 5.97 Å². The summed E-state index contributed by atoms with van der Waals surface area (Å²) in [5, 5.41) is 8.72. The fourth-order valence-electron chi connectivity index (χ4n) is 1.86. The van der Waals surface area contributed by atoms with Gasteiger partial charge in [0.05, 0.1) is 12.2 Å². The largest absolute Gasteiger partial charge is 0.478 e. The predicted octanol–water partition coefficient (Wildman–Crippen LogP) is 2.85. The first-order valence-corrected chi connectivity index (χ1v) is 5.11. The number of hydrogen-bond donors (Lipinski definition) is 1. The normalized spacial score (nSPS) is 17.4. The highest BCUT2D eigenvalue weighted by molar-refractivity contribution is 5.87. The van der Waals surface area contributed by atoms with Gasteiger partial charge in [0.1, 0.15) is 0 Å². The van der Waals surface area contributed by atoms with Gasteiger partial charge < -0.3 is 5.11 Å². The molecule has 1 unspecified atom stereocenters. The third-order valence-corrected chi connectivity index (χ3v) is 2.94. The summed E-state index contributed by atoms with van der Waals surface area (Å²) in [5.74, 6) is -0.511. The van der Waals surface area contributed by atoms with Gasteiger partial charge in [0.2, 0.25) is 0 Å². The third-order valence-electron chi connectivity index (χ3n) is 2.94. The van der Waals surface area contributed by atoms with Gasteiger partial charge in [-0.25, -0.2) is 4.79 Å². The molecule has 1 N–H and O–H groups in total. The number of carboxylic acids is 1. The molecule has 1 aromatic rings. The second-order valence-electron chi connectivity index (χ2n) is 4.03. The zero-order valence-corrected chi connectivity index (χ0v) is 8.32. The second-order valence-corrected chi connectivity index (χ2v) is 4.03. The van der Waals surface area contributed by atoms with Crippen LogP contribution in [0.2, 0.25) is 0 Å². The summed E-state index contributed by atoms with van der Waals surface area (Å²) in [6.07, 6.45) is 2.19. The van der Waals surface area contributed by atoms with Crippen LogP contribution in [0.25, 0.3) is 0 Å². The SMILES string of the molecule is O=C(O)c1ccc(C(CF)C2CC2)cc1. The van der Waals surface area contributed by atoms with Crippen LogP contribution in [-0.2, 0) is 0 Å². The Morgan fingerprint density at radius 1 is 1.40 bits per heavy atom. The third kappa shape index (κ3) is 2.17. The van der Waals surface area contributed by atoms with Crippen molar-refractivity contribution in [1.82, 2.24) is 0 Å². The minimum Gasteiger partial charge on any atom is -0.478 e. The number of benzene rings is 1. The van der Waals surface area contributed by atoms with Gasteiger partial charge in [0.25, 0.3) is 0 Å². The maximum absolute atomic E-state index is 12.8. The van der Waals surface area contributed by atoms with Crippen molar-refractivity contribution in [2.75, 3.05) is 6.67 Å². The molecule has 1 fully saturated rings. The van der Waals surface area contributed by atoms with Crippen molar-refractivity contribution in [2.24, 2.45) is 5.92 Å². The van der Waals surface area contributed by atoms with Crippen LogP contribution in [-0.4, -0.2) is 17.8 Å². The van der Waals surface area contributed by atoms with Gasteiger partial charge in [0, 0.05) is 5.92 Å². The summed E-state index contributed by atoms with van der Waals surface area (Å²) in [6, 6.07) is 6.55. The Bertz CT molecular complexity index is 354. The Labute approximate surface area is 87.7 Å². The fourth-order valence-corrected chi connectivity index (χ4v) is 1.86.